The summed E-state index contributed by atoms with van der Waals surface area (Å²) >= 11 is 5.94. The highest BCUT2D eigenvalue weighted by Crippen LogP contribution is 2.39. The van der Waals surface area contributed by atoms with Crippen molar-refractivity contribution < 1.29 is 13.7 Å². The van der Waals surface area contributed by atoms with Gasteiger partial charge in [-0.15, -0.1) is 0 Å². The molecule has 0 saturated carbocycles. The van der Waals surface area contributed by atoms with E-state index in [4.69, 9.17) is 11.6 Å². The van der Waals surface area contributed by atoms with Gasteiger partial charge in [-0.05, 0) is 6.07 Å². The monoisotopic (exact) mass is 276 g/mol. The summed E-state index contributed by atoms with van der Waals surface area (Å²) in [4.78, 5) is 11.9. The summed E-state index contributed by atoms with van der Waals surface area (Å²) in [6, 6.07) is 4.33. The number of halogens is 3. The average molecular weight is 277 g/mol. The van der Waals surface area contributed by atoms with E-state index in [1.54, 1.807) is 4.90 Å². The Hall–Kier alpha value is -1.43. The minimum atomic E-state index is -2.69. The van der Waals surface area contributed by atoms with Gasteiger partial charge in [0.05, 0.1) is 9.95 Å². The quantitative estimate of drug-likeness (QED) is 0.614. The first kappa shape index (κ1) is 13.0. The molecular weight excluding hydrogens is 266 g/mol. The van der Waals surface area contributed by atoms with E-state index < -0.39 is 10.8 Å². The summed E-state index contributed by atoms with van der Waals surface area (Å²) in [5, 5.41) is 11.1. The van der Waals surface area contributed by atoms with Gasteiger partial charge < -0.3 is 4.90 Å². The van der Waals surface area contributed by atoms with Crippen molar-refractivity contribution >= 4 is 23.0 Å². The molecule has 1 aliphatic heterocycles. The zero-order valence-electron chi connectivity index (χ0n) is 9.41. The SMILES string of the molecule is O=[N+]([O-])c1cccc(Cl)c1N1CCC(F)(F)CC1. The van der Waals surface area contributed by atoms with E-state index in [9.17, 15) is 18.9 Å². The van der Waals surface area contributed by atoms with Gasteiger partial charge in [0, 0.05) is 32.0 Å². The molecule has 0 atom stereocenters. The number of alkyl halides is 2. The molecule has 4 nitrogen and oxygen atoms in total. The standard InChI is InChI=1S/C11H11ClF2N2O2/c12-8-2-1-3-9(16(17)18)10(8)15-6-4-11(13,14)5-7-15/h1-3H,4-7H2. The third-order valence-corrected chi connectivity index (χ3v) is 3.28. The molecule has 1 heterocycles. The van der Waals surface area contributed by atoms with Crippen LogP contribution >= 0.6 is 11.6 Å². The van der Waals surface area contributed by atoms with E-state index in [2.05, 4.69) is 0 Å². The van der Waals surface area contributed by atoms with E-state index >= 15 is 0 Å². The Kier molecular flexibility index (Phi) is 3.38. The lowest BCUT2D eigenvalue weighted by molar-refractivity contribution is -0.384. The zero-order chi connectivity index (χ0) is 13.3. The van der Waals surface area contributed by atoms with E-state index in [1.807, 2.05) is 0 Å². The molecule has 1 fully saturated rings. The van der Waals surface area contributed by atoms with Crippen molar-refractivity contribution in [2.24, 2.45) is 0 Å². The lowest BCUT2D eigenvalue weighted by Crippen LogP contribution is -2.39. The van der Waals surface area contributed by atoms with Gasteiger partial charge in [-0.3, -0.25) is 10.1 Å². The third-order valence-electron chi connectivity index (χ3n) is 2.97. The second-order valence-electron chi connectivity index (χ2n) is 4.21. The summed E-state index contributed by atoms with van der Waals surface area (Å²) in [6.07, 6.45) is -0.620. The third kappa shape index (κ3) is 2.53. The van der Waals surface area contributed by atoms with Gasteiger partial charge in [-0.1, -0.05) is 17.7 Å². The second kappa shape index (κ2) is 4.68. The highest BCUT2D eigenvalue weighted by molar-refractivity contribution is 6.33. The van der Waals surface area contributed by atoms with Crippen LogP contribution in [0.2, 0.25) is 5.02 Å². The largest absolute Gasteiger partial charge is 0.364 e. The molecule has 0 aromatic heterocycles. The van der Waals surface area contributed by atoms with Crippen LogP contribution in [0.4, 0.5) is 20.2 Å². The van der Waals surface area contributed by atoms with E-state index in [1.165, 1.54) is 18.2 Å². The van der Waals surface area contributed by atoms with E-state index in [0.29, 0.717) is 0 Å². The van der Waals surface area contributed by atoms with Crippen LogP contribution in [0.3, 0.4) is 0 Å². The van der Waals surface area contributed by atoms with Gasteiger partial charge in [0.15, 0.2) is 0 Å². The zero-order valence-corrected chi connectivity index (χ0v) is 10.2. The van der Waals surface area contributed by atoms with Gasteiger partial charge >= 0.3 is 0 Å². The number of benzene rings is 1. The predicted molar refractivity (Wildman–Crippen MR) is 64.5 cm³/mol. The molecule has 0 aliphatic carbocycles. The minimum absolute atomic E-state index is 0.0670. The number of rotatable bonds is 2. The number of hydrogen-bond donors (Lipinski definition) is 0. The number of hydrogen-bond acceptors (Lipinski definition) is 3. The highest BCUT2D eigenvalue weighted by atomic mass is 35.5. The first-order valence-corrected chi connectivity index (χ1v) is 5.84. The molecule has 1 aromatic carbocycles. The normalized spacial score (nSPS) is 18.7. The molecule has 1 aliphatic rings. The molecule has 1 aromatic rings. The number of anilines is 1. The molecule has 98 valence electrons. The molecule has 0 N–H and O–H groups in total. The topological polar surface area (TPSA) is 46.4 Å². The Morgan fingerprint density at radius 2 is 1.94 bits per heavy atom. The number of piperidine rings is 1. The summed E-state index contributed by atoms with van der Waals surface area (Å²) in [5.41, 5.74) is 0.0902. The van der Waals surface area contributed by atoms with Crippen LogP contribution < -0.4 is 4.90 Å². The molecule has 0 amide bonds. The molecule has 2 rings (SSSR count). The Morgan fingerprint density at radius 1 is 1.33 bits per heavy atom. The fourth-order valence-electron chi connectivity index (χ4n) is 2.02. The Labute approximate surface area is 107 Å². The van der Waals surface area contributed by atoms with Crippen molar-refractivity contribution in [3.63, 3.8) is 0 Å². The average Bonchev–Trinajstić information content (AvgIpc) is 2.29. The molecule has 0 spiro atoms. The minimum Gasteiger partial charge on any atom is -0.364 e. The predicted octanol–water partition coefficient (Wildman–Crippen LogP) is 3.48. The van der Waals surface area contributed by atoms with E-state index in [-0.39, 0.29) is 42.3 Å². The molecule has 0 bridgehead atoms. The van der Waals surface area contributed by atoms with Crippen molar-refractivity contribution in [1.82, 2.24) is 0 Å². The lowest BCUT2D eigenvalue weighted by Gasteiger charge is -2.33. The summed E-state index contributed by atoms with van der Waals surface area (Å²) in [7, 11) is 0. The maximum Gasteiger partial charge on any atom is 0.294 e. The number of nitro groups is 1. The Bertz CT molecular complexity index is 472. The first-order valence-electron chi connectivity index (χ1n) is 5.46. The molecule has 7 heteroatoms. The summed E-state index contributed by atoms with van der Waals surface area (Å²) in [6.45, 7) is 0.134. The van der Waals surface area contributed by atoms with Crippen molar-refractivity contribution in [2.45, 2.75) is 18.8 Å². The summed E-state index contributed by atoms with van der Waals surface area (Å²) in [5.74, 6) is -2.69. The second-order valence-corrected chi connectivity index (χ2v) is 4.61. The highest BCUT2D eigenvalue weighted by Gasteiger charge is 2.36. The fraction of sp³-hybridized carbons (Fsp3) is 0.455. The Morgan fingerprint density at radius 3 is 2.50 bits per heavy atom. The van der Waals surface area contributed by atoms with Crippen LogP contribution in [-0.4, -0.2) is 23.9 Å². The Balaban J connectivity index is 2.31. The van der Waals surface area contributed by atoms with Gasteiger partial charge in [-0.2, -0.15) is 0 Å². The fourth-order valence-corrected chi connectivity index (χ4v) is 2.31. The molecule has 18 heavy (non-hydrogen) atoms. The van der Waals surface area contributed by atoms with Crippen LogP contribution in [0.15, 0.2) is 18.2 Å². The van der Waals surface area contributed by atoms with Crippen molar-refractivity contribution in [1.29, 1.82) is 0 Å². The first-order chi connectivity index (χ1) is 8.41. The smallest absolute Gasteiger partial charge is 0.294 e. The molecule has 0 unspecified atom stereocenters. The van der Waals surface area contributed by atoms with Gasteiger partial charge in [-0.25, -0.2) is 8.78 Å². The van der Waals surface area contributed by atoms with Crippen LogP contribution in [0.5, 0.6) is 0 Å². The van der Waals surface area contributed by atoms with Gasteiger partial charge in [0.2, 0.25) is 0 Å². The number of nitro benzene ring substituents is 1. The van der Waals surface area contributed by atoms with Crippen molar-refractivity contribution in [3.05, 3.63) is 33.3 Å². The van der Waals surface area contributed by atoms with Gasteiger partial charge in [0.25, 0.3) is 11.6 Å². The van der Waals surface area contributed by atoms with Crippen LogP contribution in [0.25, 0.3) is 0 Å². The number of para-hydroxylation sites is 1. The van der Waals surface area contributed by atoms with Crippen molar-refractivity contribution in [2.75, 3.05) is 18.0 Å². The van der Waals surface area contributed by atoms with Crippen LogP contribution in [0.1, 0.15) is 12.8 Å². The van der Waals surface area contributed by atoms with Gasteiger partial charge in [0.1, 0.15) is 5.69 Å². The molecular formula is C11H11ClF2N2O2. The van der Waals surface area contributed by atoms with Crippen LogP contribution in [0, 0.1) is 10.1 Å². The number of nitrogens with zero attached hydrogens (tertiary/aromatic N) is 2. The summed E-state index contributed by atoms with van der Waals surface area (Å²) < 4.78 is 26.1. The molecule has 0 radical (unpaired) electrons. The van der Waals surface area contributed by atoms with E-state index in [0.717, 1.165) is 0 Å². The lowest BCUT2D eigenvalue weighted by atomic mass is 10.1. The molecule has 1 saturated heterocycles. The maximum atomic E-state index is 13.1. The van der Waals surface area contributed by atoms with Crippen LogP contribution in [-0.2, 0) is 0 Å². The van der Waals surface area contributed by atoms with Crippen molar-refractivity contribution in [3.8, 4) is 0 Å². The maximum absolute atomic E-state index is 13.1.